The number of carbonyl (C=O) groups excluding carboxylic acids is 4. The van der Waals surface area contributed by atoms with Crippen molar-refractivity contribution in [2.24, 2.45) is 11.8 Å². The second-order valence-corrected chi connectivity index (χ2v) is 18.8. The normalized spacial score (nSPS) is 31.1. The van der Waals surface area contributed by atoms with E-state index < -0.39 is 61.6 Å². The highest BCUT2D eigenvalue weighted by atomic mass is 32.2. The van der Waals surface area contributed by atoms with Crippen LogP contribution >= 0.6 is 0 Å². The number of aryl methyl sites for hydroxylation is 1. The predicted molar refractivity (Wildman–Crippen MR) is 198 cm³/mol. The summed E-state index contributed by atoms with van der Waals surface area (Å²) in [6.07, 6.45) is 11.7. The average molecular weight is 763 g/mol. The largest absolute Gasteiger partial charge is 0.497 e. The van der Waals surface area contributed by atoms with Gasteiger partial charge in [-0.2, -0.15) is 0 Å². The molecule has 4 heterocycles. The third-order valence-electron chi connectivity index (χ3n) is 12.8. The number of methoxy groups -OCH3 is 2. The van der Waals surface area contributed by atoms with Gasteiger partial charge in [-0.25, -0.2) is 13.4 Å². The van der Waals surface area contributed by atoms with Gasteiger partial charge in [-0.15, -0.1) is 0 Å². The fraction of sp³-hybridized carbons (Fsp3) is 0.625. The first-order valence-electron chi connectivity index (χ1n) is 19.4. The van der Waals surface area contributed by atoms with E-state index in [2.05, 4.69) is 10.0 Å². The van der Waals surface area contributed by atoms with Crippen molar-refractivity contribution in [1.82, 2.24) is 19.9 Å². The van der Waals surface area contributed by atoms with Gasteiger partial charge in [-0.05, 0) is 89.3 Å². The second-order valence-electron chi connectivity index (χ2n) is 16.6. The number of benzene rings is 1. The minimum absolute atomic E-state index is 0.108. The number of hydrogen-bond acceptors (Lipinski definition) is 10. The van der Waals surface area contributed by atoms with E-state index in [0.29, 0.717) is 50.0 Å². The number of ether oxygens (including phenoxy) is 3. The number of nitrogens with zero attached hydrogens (tertiary/aromatic N) is 2. The van der Waals surface area contributed by atoms with Crippen molar-refractivity contribution in [3.05, 3.63) is 41.6 Å². The Balaban J connectivity index is 1.15. The third kappa shape index (κ3) is 6.62. The van der Waals surface area contributed by atoms with E-state index >= 15 is 0 Å². The molecule has 2 aromatic rings. The zero-order chi connectivity index (χ0) is 38.0. The van der Waals surface area contributed by atoms with Crippen molar-refractivity contribution >= 4 is 44.6 Å². The quantitative estimate of drug-likeness (QED) is 0.305. The first-order valence-corrected chi connectivity index (χ1v) is 20.9. The number of hydrogen-bond donors (Lipinski definition) is 2. The van der Waals surface area contributed by atoms with E-state index in [0.717, 1.165) is 54.3 Å². The molecular weight excluding hydrogens is 713 g/mol. The molecule has 1 aromatic carbocycles. The van der Waals surface area contributed by atoms with Crippen LogP contribution in [-0.4, -0.2) is 84.7 Å². The number of carbonyl (C=O) groups is 4. The molecule has 14 heteroatoms. The van der Waals surface area contributed by atoms with Gasteiger partial charge >= 0.3 is 5.97 Å². The summed E-state index contributed by atoms with van der Waals surface area (Å²) in [5.74, 6) is -1.60. The number of pyridine rings is 1. The number of nitrogens with one attached hydrogen (secondary N) is 2. The minimum atomic E-state index is -3.97. The van der Waals surface area contributed by atoms with E-state index in [1.54, 1.807) is 18.9 Å². The SMILES string of the molecule is COC(=O)C[C@H]1CCCCC/C=C\[C@@H]2C[C@@]2(C(=O)NS(=O)(=O)C2(C)CC2)NC(=O)[C@@H]2C[C@]3(CCc4c(c(C5CC5)nc5ccc(OC)cc45)O3)CN2C1=O. The van der Waals surface area contributed by atoms with Crippen LogP contribution in [0.15, 0.2) is 30.4 Å². The van der Waals surface area contributed by atoms with E-state index in [1.165, 1.54) is 7.11 Å². The van der Waals surface area contributed by atoms with Crippen LogP contribution in [0.3, 0.4) is 0 Å². The topological polar surface area (TPSA) is 170 Å². The lowest BCUT2D eigenvalue weighted by Gasteiger charge is -2.37. The molecule has 0 radical (unpaired) electrons. The number of aromatic nitrogens is 1. The van der Waals surface area contributed by atoms with Gasteiger partial charge in [0, 0.05) is 35.1 Å². The molecule has 0 bridgehead atoms. The molecule has 3 aliphatic heterocycles. The molecule has 8 rings (SSSR count). The third-order valence-corrected chi connectivity index (χ3v) is 14.9. The average Bonchev–Trinajstić information content (AvgIpc) is 4.09. The number of fused-ring (bicyclic) bond motifs is 5. The molecule has 290 valence electrons. The van der Waals surface area contributed by atoms with E-state index in [1.807, 2.05) is 30.4 Å². The van der Waals surface area contributed by atoms with Gasteiger partial charge in [0.05, 0.1) is 43.1 Å². The summed E-state index contributed by atoms with van der Waals surface area (Å²) in [7, 11) is -1.05. The Morgan fingerprint density at radius 1 is 1.07 bits per heavy atom. The maximum Gasteiger partial charge on any atom is 0.306 e. The number of amides is 3. The Kier molecular flexibility index (Phi) is 9.21. The lowest BCUT2D eigenvalue weighted by molar-refractivity contribution is -0.149. The van der Waals surface area contributed by atoms with Crippen LogP contribution in [0.2, 0.25) is 0 Å². The van der Waals surface area contributed by atoms with E-state index in [4.69, 9.17) is 19.2 Å². The highest BCUT2D eigenvalue weighted by Gasteiger charge is 2.64. The molecule has 0 unspecified atom stereocenters. The number of rotatable bonds is 7. The van der Waals surface area contributed by atoms with Crippen LogP contribution in [0.5, 0.6) is 11.5 Å². The first-order chi connectivity index (χ1) is 25.8. The van der Waals surface area contributed by atoms with Gasteiger partial charge in [0.15, 0.2) is 0 Å². The van der Waals surface area contributed by atoms with Crippen molar-refractivity contribution < 1.29 is 41.8 Å². The summed E-state index contributed by atoms with van der Waals surface area (Å²) in [5.41, 5.74) is 0.364. The molecule has 3 amide bonds. The van der Waals surface area contributed by atoms with Crippen molar-refractivity contribution in [1.29, 1.82) is 0 Å². The van der Waals surface area contributed by atoms with E-state index in [9.17, 15) is 27.6 Å². The van der Waals surface area contributed by atoms with Crippen molar-refractivity contribution in [2.45, 2.75) is 125 Å². The first kappa shape index (κ1) is 36.8. The molecule has 54 heavy (non-hydrogen) atoms. The smallest absolute Gasteiger partial charge is 0.306 e. The van der Waals surface area contributed by atoms with Crippen molar-refractivity contribution in [2.75, 3.05) is 20.8 Å². The molecule has 2 N–H and O–H groups in total. The van der Waals surface area contributed by atoms with Crippen LogP contribution in [0.4, 0.5) is 0 Å². The van der Waals surface area contributed by atoms with Crippen LogP contribution in [0, 0.1) is 11.8 Å². The Hall–Kier alpha value is -4.20. The molecule has 1 saturated heterocycles. The zero-order valence-electron chi connectivity index (χ0n) is 31.3. The second kappa shape index (κ2) is 13.5. The van der Waals surface area contributed by atoms with Gasteiger partial charge in [-0.1, -0.05) is 25.0 Å². The number of allylic oxidation sites excluding steroid dienone is 1. The highest BCUT2D eigenvalue weighted by Crippen LogP contribution is 2.52. The molecular formula is C40H50N4O9S. The molecule has 5 atom stereocenters. The standard InChI is InChI=1S/C40H50N4O9S/c1-38(17-18-38)54(49,50)43-37(48)40-21-26(40)10-8-6-4-5-7-9-25(19-32(45)52-3)36(47)44-23-39(22-31(44)35(46)42-40)16-15-28-29-20-27(51-2)13-14-30(29)41-33(24-11-12-24)34(28)53-39/h8,10,13-14,20,24-26,31H,4-7,9,11-12,15-19,21-23H2,1-3H3,(H,42,46)(H,43,48)/b10-8-/t25-,26-,31+,39-,40-/m1/s1. The molecule has 4 fully saturated rings. The van der Waals surface area contributed by atoms with Gasteiger partial charge < -0.3 is 24.4 Å². The summed E-state index contributed by atoms with van der Waals surface area (Å²) in [4.78, 5) is 62.5. The van der Waals surface area contributed by atoms with Crippen molar-refractivity contribution in [3.8, 4) is 11.5 Å². The van der Waals surface area contributed by atoms with Crippen LogP contribution in [0.1, 0.15) is 108 Å². The summed E-state index contributed by atoms with van der Waals surface area (Å²) in [6.45, 7) is 1.72. The number of sulfonamides is 1. The van der Waals surface area contributed by atoms with Crippen molar-refractivity contribution in [3.63, 3.8) is 0 Å². The summed E-state index contributed by atoms with van der Waals surface area (Å²) >= 11 is 0. The summed E-state index contributed by atoms with van der Waals surface area (Å²) < 4.78 is 45.3. The fourth-order valence-corrected chi connectivity index (χ4v) is 10.0. The van der Waals surface area contributed by atoms with Gasteiger partial charge in [0.2, 0.25) is 21.8 Å². The molecule has 13 nitrogen and oxygen atoms in total. The zero-order valence-corrected chi connectivity index (χ0v) is 32.1. The van der Waals surface area contributed by atoms with Crippen LogP contribution in [-0.2, 0) is 40.4 Å². The van der Waals surface area contributed by atoms with Gasteiger partial charge in [0.1, 0.15) is 28.7 Å². The predicted octanol–water partition coefficient (Wildman–Crippen LogP) is 4.36. The minimum Gasteiger partial charge on any atom is -0.497 e. The Labute approximate surface area is 316 Å². The molecule has 1 aromatic heterocycles. The fourth-order valence-electron chi connectivity index (χ4n) is 8.71. The Bertz CT molecular complexity index is 2040. The monoisotopic (exact) mass is 762 g/mol. The summed E-state index contributed by atoms with van der Waals surface area (Å²) in [6, 6.07) is 4.80. The maximum absolute atomic E-state index is 14.7. The maximum atomic E-state index is 14.7. The highest BCUT2D eigenvalue weighted by molar-refractivity contribution is 7.91. The lowest BCUT2D eigenvalue weighted by Crippen LogP contribution is -2.57. The van der Waals surface area contributed by atoms with Gasteiger partial charge in [0.25, 0.3) is 5.91 Å². The molecule has 3 saturated carbocycles. The molecule has 1 spiro atoms. The number of esters is 1. The van der Waals surface area contributed by atoms with Crippen LogP contribution in [0.25, 0.3) is 10.9 Å². The van der Waals surface area contributed by atoms with E-state index in [-0.39, 0.29) is 37.6 Å². The molecule has 6 aliphatic rings. The Morgan fingerprint density at radius 2 is 1.87 bits per heavy atom. The Morgan fingerprint density at radius 3 is 2.59 bits per heavy atom. The van der Waals surface area contributed by atoms with Crippen LogP contribution < -0.4 is 19.5 Å². The summed E-state index contributed by atoms with van der Waals surface area (Å²) in [5, 5.41) is 3.92. The molecule has 3 aliphatic carbocycles. The lowest BCUT2D eigenvalue weighted by atomic mass is 9.86. The van der Waals surface area contributed by atoms with Gasteiger partial charge in [-0.3, -0.25) is 23.9 Å².